The maximum absolute atomic E-state index is 12.1. The van der Waals surface area contributed by atoms with Gasteiger partial charge >= 0.3 is 0 Å². The predicted octanol–water partition coefficient (Wildman–Crippen LogP) is 3.05. The van der Waals surface area contributed by atoms with E-state index in [0.717, 1.165) is 17.5 Å². The molecule has 0 aromatic heterocycles. The fraction of sp³-hybridized carbons (Fsp3) is 0.467. The molecule has 0 bridgehead atoms. The van der Waals surface area contributed by atoms with Crippen molar-refractivity contribution < 1.29 is 9.59 Å². The second-order valence-corrected chi connectivity index (χ2v) is 5.80. The van der Waals surface area contributed by atoms with Gasteiger partial charge in [-0.1, -0.05) is 45.0 Å². The first-order valence-electron chi connectivity index (χ1n) is 6.05. The van der Waals surface area contributed by atoms with Gasteiger partial charge in [0.1, 0.15) is 5.78 Å². The van der Waals surface area contributed by atoms with Crippen LogP contribution < -0.4 is 0 Å². The SMILES string of the molecule is CC(C)(C)C(=O)CC1Cc2ccccc2C1=O. The zero-order valence-corrected chi connectivity index (χ0v) is 10.6. The fourth-order valence-corrected chi connectivity index (χ4v) is 2.21. The van der Waals surface area contributed by atoms with Crippen LogP contribution in [0.2, 0.25) is 0 Å². The lowest BCUT2D eigenvalue weighted by Crippen LogP contribution is -2.25. The molecule has 0 N–H and O–H groups in total. The molecule has 0 spiro atoms. The number of ketones is 2. The topological polar surface area (TPSA) is 34.1 Å². The lowest BCUT2D eigenvalue weighted by Gasteiger charge is -2.18. The largest absolute Gasteiger partial charge is 0.299 e. The second-order valence-electron chi connectivity index (χ2n) is 5.80. The van der Waals surface area contributed by atoms with Gasteiger partial charge < -0.3 is 0 Å². The van der Waals surface area contributed by atoms with E-state index in [1.54, 1.807) is 0 Å². The highest BCUT2D eigenvalue weighted by Crippen LogP contribution is 2.31. The summed E-state index contributed by atoms with van der Waals surface area (Å²) >= 11 is 0. The summed E-state index contributed by atoms with van der Waals surface area (Å²) in [4.78, 5) is 24.1. The molecular weight excluding hydrogens is 212 g/mol. The molecule has 1 atom stereocenters. The number of carbonyl (C=O) groups is 2. The molecule has 1 aromatic carbocycles. The van der Waals surface area contributed by atoms with Crippen LogP contribution in [0.1, 0.15) is 43.1 Å². The quantitative estimate of drug-likeness (QED) is 0.782. The predicted molar refractivity (Wildman–Crippen MR) is 67.0 cm³/mol. The van der Waals surface area contributed by atoms with Crippen LogP contribution in [-0.2, 0) is 11.2 Å². The third kappa shape index (κ3) is 2.31. The molecule has 17 heavy (non-hydrogen) atoms. The molecule has 90 valence electrons. The molecule has 0 amide bonds. The van der Waals surface area contributed by atoms with Crippen LogP contribution in [0.15, 0.2) is 24.3 Å². The van der Waals surface area contributed by atoms with Crippen LogP contribution in [0.3, 0.4) is 0 Å². The molecule has 1 aliphatic rings. The van der Waals surface area contributed by atoms with Crippen molar-refractivity contribution in [3.05, 3.63) is 35.4 Å². The lowest BCUT2D eigenvalue weighted by atomic mass is 9.84. The van der Waals surface area contributed by atoms with Crippen LogP contribution in [0.25, 0.3) is 0 Å². The minimum absolute atomic E-state index is 0.137. The first-order valence-corrected chi connectivity index (χ1v) is 6.05. The van der Waals surface area contributed by atoms with Crippen molar-refractivity contribution in [3.63, 3.8) is 0 Å². The first-order chi connectivity index (χ1) is 7.89. The molecule has 0 fully saturated rings. The number of hydrogen-bond acceptors (Lipinski definition) is 2. The average Bonchev–Trinajstić information content (AvgIpc) is 2.55. The van der Waals surface area contributed by atoms with E-state index in [1.807, 2.05) is 45.0 Å². The average molecular weight is 230 g/mol. The van der Waals surface area contributed by atoms with Crippen LogP contribution in [0.4, 0.5) is 0 Å². The monoisotopic (exact) mass is 230 g/mol. The Morgan fingerprint density at radius 3 is 2.53 bits per heavy atom. The number of fused-ring (bicyclic) bond motifs is 1. The summed E-state index contributed by atoms with van der Waals surface area (Å²) in [6.45, 7) is 5.71. The van der Waals surface area contributed by atoms with Gasteiger partial charge in [-0.2, -0.15) is 0 Å². The maximum Gasteiger partial charge on any atom is 0.166 e. The molecule has 0 heterocycles. The third-order valence-corrected chi connectivity index (χ3v) is 3.39. The van der Waals surface area contributed by atoms with Crippen molar-refractivity contribution in [1.29, 1.82) is 0 Å². The highest BCUT2D eigenvalue weighted by Gasteiger charge is 2.34. The number of hydrogen-bond donors (Lipinski definition) is 0. The summed E-state index contributed by atoms with van der Waals surface area (Å²) in [5, 5.41) is 0. The van der Waals surface area contributed by atoms with Gasteiger partial charge in [-0.3, -0.25) is 9.59 Å². The number of carbonyl (C=O) groups excluding carboxylic acids is 2. The van der Waals surface area contributed by atoms with Crippen LogP contribution in [0.5, 0.6) is 0 Å². The Morgan fingerprint density at radius 2 is 1.94 bits per heavy atom. The smallest absolute Gasteiger partial charge is 0.166 e. The van der Waals surface area contributed by atoms with Gasteiger partial charge in [0.2, 0.25) is 0 Å². The summed E-state index contributed by atoms with van der Waals surface area (Å²) in [6.07, 6.45) is 1.09. The van der Waals surface area contributed by atoms with Gasteiger partial charge in [0, 0.05) is 23.3 Å². The number of benzene rings is 1. The van der Waals surface area contributed by atoms with Crippen molar-refractivity contribution in [3.8, 4) is 0 Å². The standard InChI is InChI=1S/C15H18O2/c1-15(2,3)13(16)9-11-8-10-6-4-5-7-12(10)14(11)17/h4-7,11H,8-9H2,1-3H3. The zero-order chi connectivity index (χ0) is 12.6. The van der Waals surface area contributed by atoms with E-state index in [1.165, 1.54) is 0 Å². The van der Waals surface area contributed by atoms with Gasteiger partial charge in [0.05, 0.1) is 0 Å². The molecule has 1 unspecified atom stereocenters. The zero-order valence-electron chi connectivity index (χ0n) is 10.6. The molecule has 0 saturated heterocycles. The van der Waals surface area contributed by atoms with E-state index < -0.39 is 0 Å². The van der Waals surface area contributed by atoms with Crippen molar-refractivity contribution in [2.45, 2.75) is 33.6 Å². The Bertz CT molecular complexity index is 466. The van der Waals surface area contributed by atoms with Gasteiger partial charge in [0.25, 0.3) is 0 Å². The van der Waals surface area contributed by atoms with Crippen LogP contribution in [-0.4, -0.2) is 11.6 Å². The summed E-state index contributed by atoms with van der Waals surface area (Å²) in [6, 6.07) is 7.67. The van der Waals surface area contributed by atoms with Gasteiger partial charge in [-0.05, 0) is 12.0 Å². The Labute approximate surface area is 102 Å². The minimum Gasteiger partial charge on any atom is -0.299 e. The van der Waals surface area contributed by atoms with Crippen molar-refractivity contribution >= 4 is 11.6 Å². The molecule has 2 nitrogen and oxygen atoms in total. The molecule has 2 rings (SSSR count). The van der Waals surface area contributed by atoms with Crippen LogP contribution >= 0.6 is 0 Å². The van der Waals surface area contributed by atoms with Gasteiger partial charge in [-0.15, -0.1) is 0 Å². The minimum atomic E-state index is -0.352. The summed E-state index contributed by atoms with van der Waals surface area (Å²) < 4.78 is 0. The molecule has 0 saturated carbocycles. The van der Waals surface area contributed by atoms with E-state index in [4.69, 9.17) is 0 Å². The second kappa shape index (κ2) is 4.10. The van der Waals surface area contributed by atoms with Crippen molar-refractivity contribution in [1.82, 2.24) is 0 Å². The van der Waals surface area contributed by atoms with E-state index in [0.29, 0.717) is 6.42 Å². The van der Waals surface area contributed by atoms with E-state index in [2.05, 4.69) is 0 Å². The maximum atomic E-state index is 12.1. The van der Waals surface area contributed by atoms with Gasteiger partial charge in [-0.25, -0.2) is 0 Å². The highest BCUT2D eigenvalue weighted by molar-refractivity contribution is 6.04. The normalized spacial score (nSPS) is 19.2. The first kappa shape index (κ1) is 12.0. The Hall–Kier alpha value is -1.44. The van der Waals surface area contributed by atoms with Gasteiger partial charge in [0.15, 0.2) is 5.78 Å². The highest BCUT2D eigenvalue weighted by atomic mass is 16.1. The van der Waals surface area contributed by atoms with E-state index in [-0.39, 0.29) is 22.9 Å². The van der Waals surface area contributed by atoms with Crippen molar-refractivity contribution in [2.24, 2.45) is 11.3 Å². The molecule has 0 aliphatic heterocycles. The Balaban J connectivity index is 2.14. The Morgan fingerprint density at radius 1 is 1.29 bits per heavy atom. The molecule has 1 aliphatic carbocycles. The summed E-state index contributed by atoms with van der Waals surface area (Å²) in [7, 11) is 0. The molecule has 1 aromatic rings. The number of rotatable bonds is 2. The van der Waals surface area contributed by atoms with E-state index in [9.17, 15) is 9.59 Å². The van der Waals surface area contributed by atoms with Crippen LogP contribution in [0, 0.1) is 11.3 Å². The fourth-order valence-electron chi connectivity index (χ4n) is 2.21. The molecule has 2 heteroatoms. The van der Waals surface area contributed by atoms with Crippen molar-refractivity contribution in [2.75, 3.05) is 0 Å². The molecule has 0 radical (unpaired) electrons. The molecular formula is C15H18O2. The van der Waals surface area contributed by atoms with E-state index >= 15 is 0 Å². The third-order valence-electron chi connectivity index (χ3n) is 3.39. The summed E-state index contributed by atoms with van der Waals surface area (Å²) in [5.41, 5.74) is 1.54. The summed E-state index contributed by atoms with van der Waals surface area (Å²) in [5.74, 6) is 0.168. The lowest BCUT2D eigenvalue weighted by molar-refractivity contribution is -0.126. The Kier molecular flexibility index (Phi) is 2.90. The number of Topliss-reactive ketones (excluding diaryl/α,β-unsaturated/α-hetero) is 2.